The molecule has 24 heavy (non-hydrogen) atoms. The summed E-state index contributed by atoms with van der Waals surface area (Å²) in [5, 5.41) is 6.34. The van der Waals surface area contributed by atoms with E-state index in [0.717, 1.165) is 43.6 Å². The molecule has 1 aliphatic heterocycles. The number of nitrogens with one attached hydrogen (secondary N) is 2. The molecule has 1 fully saturated rings. The van der Waals surface area contributed by atoms with Gasteiger partial charge in [0.1, 0.15) is 5.75 Å². The fourth-order valence-corrected chi connectivity index (χ4v) is 2.91. The van der Waals surface area contributed by atoms with Crippen LogP contribution in [0.5, 0.6) is 5.75 Å². The van der Waals surface area contributed by atoms with Crippen molar-refractivity contribution in [2.24, 2.45) is 0 Å². The van der Waals surface area contributed by atoms with E-state index in [9.17, 15) is 4.79 Å². The molecule has 1 aromatic carbocycles. The van der Waals surface area contributed by atoms with Gasteiger partial charge >= 0.3 is 0 Å². The maximum absolute atomic E-state index is 12.4. The Morgan fingerprint density at radius 3 is 2.75 bits per heavy atom. The molecule has 0 aliphatic carbocycles. The first kappa shape index (κ1) is 21.2. The summed E-state index contributed by atoms with van der Waals surface area (Å²) >= 11 is 3.42. The van der Waals surface area contributed by atoms with E-state index in [2.05, 4.69) is 31.5 Å². The second kappa shape index (κ2) is 10.9. The zero-order valence-corrected chi connectivity index (χ0v) is 16.7. The van der Waals surface area contributed by atoms with Crippen LogP contribution in [-0.4, -0.2) is 56.2 Å². The van der Waals surface area contributed by atoms with Crippen molar-refractivity contribution in [2.75, 3.05) is 39.3 Å². The van der Waals surface area contributed by atoms with Crippen molar-refractivity contribution in [3.05, 3.63) is 28.2 Å². The van der Waals surface area contributed by atoms with Crippen molar-refractivity contribution in [2.45, 2.75) is 26.4 Å². The van der Waals surface area contributed by atoms with Gasteiger partial charge in [-0.2, -0.15) is 0 Å². The molecule has 1 amide bonds. The summed E-state index contributed by atoms with van der Waals surface area (Å²) in [4.78, 5) is 14.8. The van der Waals surface area contributed by atoms with Gasteiger partial charge in [0, 0.05) is 37.2 Å². The molecule has 2 N–H and O–H groups in total. The van der Waals surface area contributed by atoms with Crippen LogP contribution in [0, 0.1) is 0 Å². The normalized spacial score (nSPS) is 15.0. The second-order valence-electron chi connectivity index (χ2n) is 6.01. The largest absolute Gasteiger partial charge is 0.490 e. The molecular formula is C17H27BrClN3O2. The highest BCUT2D eigenvalue weighted by atomic mass is 79.9. The maximum atomic E-state index is 12.4. The number of halogens is 2. The summed E-state index contributed by atoms with van der Waals surface area (Å²) in [7, 11) is 0. The van der Waals surface area contributed by atoms with Crippen LogP contribution < -0.4 is 15.4 Å². The molecule has 0 atom stereocenters. The first-order valence-corrected chi connectivity index (χ1v) is 9.03. The third-order valence-corrected chi connectivity index (χ3v) is 4.19. The van der Waals surface area contributed by atoms with Gasteiger partial charge in [0.2, 0.25) is 0 Å². The van der Waals surface area contributed by atoms with Crippen LogP contribution in [-0.2, 0) is 0 Å². The zero-order chi connectivity index (χ0) is 16.7. The molecule has 0 radical (unpaired) electrons. The lowest BCUT2D eigenvalue weighted by Gasteiger charge is -2.27. The molecule has 5 nitrogen and oxygen atoms in total. The molecule has 1 heterocycles. The SMILES string of the molecule is CC(C)Oc1cc(Br)ccc1C(=O)NCCCN1CCNCC1.Cl. The molecule has 7 heteroatoms. The molecule has 1 saturated heterocycles. The number of benzene rings is 1. The van der Waals surface area contributed by atoms with Gasteiger partial charge < -0.3 is 20.3 Å². The fourth-order valence-electron chi connectivity index (χ4n) is 2.57. The summed E-state index contributed by atoms with van der Waals surface area (Å²) in [6, 6.07) is 5.51. The number of hydrogen-bond acceptors (Lipinski definition) is 4. The van der Waals surface area contributed by atoms with Gasteiger partial charge in [-0.05, 0) is 45.0 Å². The standard InChI is InChI=1S/C17H26BrN3O2.ClH/c1-13(2)23-16-12-14(18)4-5-15(16)17(22)20-6-3-9-21-10-7-19-8-11-21;/h4-5,12-13,19H,3,6-11H2,1-2H3,(H,20,22);1H. The van der Waals surface area contributed by atoms with Crippen LogP contribution in [0.2, 0.25) is 0 Å². The van der Waals surface area contributed by atoms with Crippen LogP contribution in [0.15, 0.2) is 22.7 Å². The van der Waals surface area contributed by atoms with E-state index in [0.29, 0.717) is 17.9 Å². The highest BCUT2D eigenvalue weighted by Gasteiger charge is 2.14. The smallest absolute Gasteiger partial charge is 0.255 e. The number of carbonyl (C=O) groups excluding carboxylic acids is 1. The first-order chi connectivity index (χ1) is 11.1. The number of nitrogens with zero attached hydrogens (tertiary/aromatic N) is 1. The molecule has 1 aromatic rings. The Balaban J connectivity index is 0.00000288. The Labute approximate surface area is 159 Å². The average Bonchev–Trinajstić information content (AvgIpc) is 2.52. The predicted molar refractivity (Wildman–Crippen MR) is 103 cm³/mol. The van der Waals surface area contributed by atoms with Crippen molar-refractivity contribution < 1.29 is 9.53 Å². The summed E-state index contributed by atoms with van der Waals surface area (Å²) in [5.74, 6) is 0.544. The number of hydrogen-bond donors (Lipinski definition) is 2. The van der Waals surface area contributed by atoms with Gasteiger partial charge in [-0.15, -0.1) is 12.4 Å². The minimum absolute atomic E-state index is 0. The van der Waals surface area contributed by atoms with Crippen molar-refractivity contribution in [3.63, 3.8) is 0 Å². The van der Waals surface area contributed by atoms with E-state index in [1.807, 2.05) is 26.0 Å². The van der Waals surface area contributed by atoms with Crippen molar-refractivity contribution >= 4 is 34.2 Å². The van der Waals surface area contributed by atoms with Crippen LogP contribution >= 0.6 is 28.3 Å². The van der Waals surface area contributed by atoms with Crippen molar-refractivity contribution in [1.82, 2.24) is 15.5 Å². The topological polar surface area (TPSA) is 53.6 Å². The molecule has 1 aliphatic rings. The van der Waals surface area contributed by atoms with E-state index in [-0.39, 0.29) is 24.4 Å². The summed E-state index contributed by atoms with van der Waals surface area (Å²) in [5.41, 5.74) is 0.587. The van der Waals surface area contributed by atoms with Crippen LogP contribution in [0.1, 0.15) is 30.6 Å². The van der Waals surface area contributed by atoms with Gasteiger partial charge in [-0.25, -0.2) is 0 Å². The van der Waals surface area contributed by atoms with E-state index in [1.165, 1.54) is 0 Å². The Bertz CT molecular complexity index is 523. The number of carbonyl (C=O) groups is 1. The number of amides is 1. The van der Waals surface area contributed by atoms with E-state index in [4.69, 9.17) is 4.74 Å². The molecule has 0 saturated carbocycles. The van der Waals surface area contributed by atoms with E-state index >= 15 is 0 Å². The molecule has 0 unspecified atom stereocenters. The highest BCUT2D eigenvalue weighted by molar-refractivity contribution is 9.10. The molecule has 0 spiro atoms. The number of rotatable bonds is 7. The average molecular weight is 421 g/mol. The van der Waals surface area contributed by atoms with Crippen molar-refractivity contribution in [3.8, 4) is 5.75 Å². The minimum atomic E-state index is -0.0755. The maximum Gasteiger partial charge on any atom is 0.255 e. The minimum Gasteiger partial charge on any atom is -0.490 e. The first-order valence-electron chi connectivity index (χ1n) is 8.24. The van der Waals surface area contributed by atoms with Crippen molar-refractivity contribution in [1.29, 1.82) is 0 Å². The Hall–Kier alpha value is -0.820. The summed E-state index contributed by atoms with van der Waals surface area (Å²) in [6.45, 7) is 9.91. The third kappa shape index (κ3) is 6.97. The van der Waals surface area contributed by atoms with Gasteiger partial charge in [-0.1, -0.05) is 15.9 Å². The third-order valence-electron chi connectivity index (χ3n) is 3.70. The molecule has 0 bridgehead atoms. The Kier molecular flexibility index (Phi) is 9.66. The summed E-state index contributed by atoms with van der Waals surface area (Å²) in [6.07, 6.45) is 0.992. The number of ether oxygens (including phenoxy) is 1. The molecule has 0 aromatic heterocycles. The van der Waals surface area contributed by atoms with Gasteiger partial charge in [0.15, 0.2) is 0 Å². The number of piperazine rings is 1. The van der Waals surface area contributed by atoms with Crippen LogP contribution in [0.4, 0.5) is 0 Å². The molecule has 136 valence electrons. The highest BCUT2D eigenvalue weighted by Crippen LogP contribution is 2.24. The fraction of sp³-hybridized carbons (Fsp3) is 0.588. The monoisotopic (exact) mass is 419 g/mol. The quantitative estimate of drug-likeness (QED) is 0.666. The van der Waals surface area contributed by atoms with E-state index in [1.54, 1.807) is 6.07 Å². The summed E-state index contributed by atoms with van der Waals surface area (Å²) < 4.78 is 6.65. The van der Waals surface area contributed by atoms with Gasteiger partial charge in [0.05, 0.1) is 11.7 Å². The van der Waals surface area contributed by atoms with Gasteiger partial charge in [-0.3, -0.25) is 4.79 Å². The zero-order valence-electron chi connectivity index (χ0n) is 14.3. The lowest BCUT2D eigenvalue weighted by Crippen LogP contribution is -2.44. The van der Waals surface area contributed by atoms with Gasteiger partial charge in [0.25, 0.3) is 5.91 Å². The Morgan fingerprint density at radius 1 is 1.38 bits per heavy atom. The van der Waals surface area contributed by atoms with E-state index < -0.39 is 0 Å². The molecular weight excluding hydrogens is 394 g/mol. The van der Waals surface area contributed by atoms with Crippen LogP contribution in [0.3, 0.4) is 0 Å². The van der Waals surface area contributed by atoms with Crippen LogP contribution in [0.25, 0.3) is 0 Å². The molecule has 2 rings (SSSR count). The lowest BCUT2D eigenvalue weighted by molar-refractivity contribution is 0.0945. The Morgan fingerprint density at radius 2 is 2.08 bits per heavy atom. The predicted octanol–water partition coefficient (Wildman–Crippen LogP) is 2.68. The lowest BCUT2D eigenvalue weighted by atomic mass is 10.2. The second-order valence-corrected chi connectivity index (χ2v) is 6.92.